The van der Waals surface area contributed by atoms with Crippen molar-refractivity contribution in [1.82, 2.24) is 4.57 Å². The average Bonchev–Trinajstić information content (AvgIpc) is 2.70. The molecule has 1 heterocycles. The summed E-state index contributed by atoms with van der Waals surface area (Å²) in [5, 5.41) is 10.6. The maximum absolute atomic E-state index is 11.6. The van der Waals surface area contributed by atoms with Gasteiger partial charge in [0.1, 0.15) is 0 Å². The Morgan fingerprint density at radius 3 is 2.55 bits per heavy atom. The van der Waals surface area contributed by atoms with Gasteiger partial charge < -0.3 is 15.4 Å². The number of rotatable bonds is 5. The van der Waals surface area contributed by atoms with Crippen LogP contribution >= 0.6 is 0 Å². The molecule has 0 fully saturated rings. The first-order valence-electron chi connectivity index (χ1n) is 7.13. The van der Waals surface area contributed by atoms with Gasteiger partial charge in [0.05, 0.1) is 11.1 Å². The van der Waals surface area contributed by atoms with Crippen molar-refractivity contribution in [2.75, 3.05) is 6.54 Å². The van der Waals surface area contributed by atoms with Gasteiger partial charge in [-0.15, -0.1) is 0 Å². The van der Waals surface area contributed by atoms with E-state index in [0.29, 0.717) is 12.1 Å². The quantitative estimate of drug-likeness (QED) is 0.881. The Morgan fingerprint density at radius 2 is 2.05 bits per heavy atom. The van der Waals surface area contributed by atoms with Crippen LogP contribution < -0.4 is 5.73 Å². The highest BCUT2D eigenvalue weighted by Gasteiger charge is 2.19. The summed E-state index contributed by atoms with van der Waals surface area (Å²) in [5.74, 6) is -0.864. The summed E-state index contributed by atoms with van der Waals surface area (Å²) < 4.78 is 2.09. The Kier molecular flexibility index (Phi) is 4.14. The van der Waals surface area contributed by atoms with Crippen LogP contribution in [0.3, 0.4) is 0 Å². The lowest BCUT2D eigenvalue weighted by Gasteiger charge is -2.08. The smallest absolute Gasteiger partial charge is 0.337 e. The Labute approximate surface area is 119 Å². The van der Waals surface area contributed by atoms with Gasteiger partial charge in [0.2, 0.25) is 0 Å². The first-order chi connectivity index (χ1) is 9.54. The maximum atomic E-state index is 11.6. The molecule has 0 unspecified atom stereocenters. The summed E-state index contributed by atoms with van der Waals surface area (Å²) >= 11 is 0. The van der Waals surface area contributed by atoms with Gasteiger partial charge in [0.25, 0.3) is 0 Å². The third kappa shape index (κ3) is 2.20. The van der Waals surface area contributed by atoms with Crippen LogP contribution in [0.5, 0.6) is 0 Å². The van der Waals surface area contributed by atoms with E-state index in [2.05, 4.69) is 10.6 Å². The van der Waals surface area contributed by atoms with Gasteiger partial charge in [-0.05, 0) is 56.5 Å². The van der Waals surface area contributed by atoms with Gasteiger partial charge in [-0.3, -0.25) is 0 Å². The molecule has 0 atom stereocenters. The molecule has 1 aromatic carbocycles. The van der Waals surface area contributed by atoms with Crippen LogP contribution in [0, 0.1) is 6.92 Å². The maximum Gasteiger partial charge on any atom is 0.337 e. The van der Waals surface area contributed by atoms with Crippen LogP contribution in [0.4, 0.5) is 0 Å². The molecule has 0 aliphatic heterocycles. The van der Waals surface area contributed by atoms with Crippen molar-refractivity contribution in [3.63, 3.8) is 0 Å². The van der Waals surface area contributed by atoms with E-state index in [0.717, 1.165) is 41.5 Å². The monoisotopic (exact) mass is 274 g/mol. The fraction of sp³-hybridized carbons (Fsp3) is 0.438. The van der Waals surface area contributed by atoms with E-state index in [1.54, 1.807) is 6.07 Å². The minimum Gasteiger partial charge on any atom is -0.478 e. The van der Waals surface area contributed by atoms with Crippen molar-refractivity contribution in [3.05, 3.63) is 34.5 Å². The topological polar surface area (TPSA) is 68.2 Å². The number of carboxylic acids is 1. The number of nitrogens with zero attached hydrogens (tertiary/aromatic N) is 1. The predicted molar refractivity (Wildman–Crippen MR) is 81.4 cm³/mol. The molecule has 0 bridgehead atoms. The number of aromatic carboxylic acids is 1. The number of hydrogen-bond donors (Lipinski definition) is 2. The van der Waals surface area contributed by atoms with Crippen molar-refractivity contribution in [3.8, 4) is 0 Å². The highest BCUT2D eigenvalue weighted by molar-refractivity contribution is 6.04. The van der Waals surface area contributed by atoms with Crippen molar-refractivity contribution >= 4 is 16.9 Å². The summed E-state index contributed by atoms with van der Waals surface area (Å²) in [6, 6.07) is 3.91. The first kappa shape index (κ1) is 14.6. The number of aryl methyl sites for hydroxylation is 2. The fourth-order valence-corrected chi connectivity index (χ4v) is 2.96. The van der Waals surface area contributed by atoms with Gasteiger partial charge in [-0.1, -0.05) is 6.92 Å². The van der Waals surface area contributed by atoms with E-state index in [4.69, 9.17) is 5.73 Å². The Balaban J connectivity index is 2.91. The SMILES string of the molecule is CCc1cc(C(=O)O)c2c(c1)c(CCN)c(C)n2CC. The zero-order chi connectivity index (χ0) is 14.9. The molecule has 0 aliphatic carbocycles. The minimum atomic E-state index is -0.864. The van der Waals surface area contributed by atoms with Crippen molar-refractivity contribution < 1.29 is 9.90 Å². The van der Waals surface area contributed by atoms with Crippen LogP contribution in [0.2, 0.25) is 0 Å². The van der Waals surface area contributed by atoms with Gasteiger partial charge >= 0.3 is 5.97 Å². The summed E-state index contributed by atoms with van der Waals surface area (Å²) in [7, 11) is 0. The summed E-state index contributed by atoms with van der Waals surface area (Å²) in [6.45, 7) is 7.46. The van der Waals surface area contributed by atoms with Crippen LogP contribution in [-0.2, 0) is 19.4 Å². The van der Waals surface area contributed by atoms with Crippen LogP contribution in [-0.4, -0.2) is 22.2 Å². The number of fused-ring (bicyclic) bond motifs is 1. The van der Waals surface area contributed by atoms with Crippen LogP contribution in [0.1, 0.15) is 41.0 Å². The molecule has 1 aromatic heterocycles. The molecular weight excluding hydrogens is 252 g/mol. The second-order valence-corrected chi connectivity index (χ2v) is 5.05. The summed E-state index contributed by atoms with van der Waals surface area (Å²) in [6.07, 6.45) is 1.61. The zero-order valence-corrected chi connectivity index (χ0v) is 12.4. The summed E-state index contributed by atoms with van der Waals surface area (Å²) in [5.41, 5.74) is 10.3. The van der Waals surface area contributed by atoms with Crippen molar-refractivity contribution in [1.29, 1.82) is 0 Å². The molecule has 0 spiro atoms. The Morgan fingerprint density at radius 1 is 1.35 bits per heavy atom. The van der Waals surface area contributed by atoms with Crippen molar-refractivity contribution in [2.45, 2.75) is 40.2 Å². The van der Waals surface area contributed by atoms with Gasteiger partial charge in [0, 0.05) is 17.6 Å². The van der Waals surface area contributed by atoms with E-state index in [1.165, 1.54) is 5.56 Å². The predicted octanol–water partition coefficient (Wildman–Crippen LogP) is 2.73. The average molecular weight is 274 g/mol. The largest absolute Gasteiger partial charge is 0.478 e. The number of aromatic nitrogens is 1. The molecule has 0 amide bonds. The second-order valence-electron chi connectivity index (χ2n) is 5.05. The zero-order valence-electron chi connectivity index (χ0n) is 12.4. The van der Waals surface area contributed by atoms with E-state index in [9.17, 15) is 9.90 Å². The number of carboxylic acid groups (broad SMARTS) is 1. The lowest BCUT2D eigenvalue weighted by atomic mass is 10.0. The molecule has 0 saturated carbocycles. The Bertz CT molecular complexity index is 656. The van der Waals surface area contributed by atoms with E-state index in [1.807, 2.05) is 20.8 Å². The lowest BCUT2D eigenvalue weighted by molar-refractivity contribution is 0.0698. The first-order valence-corrected chi connectivity index (χ1v) is 7.13. The molecular formula is C16H22N2O2. The van der Waals surface area contributed by atoms with Gasteiger partial charge in [0.15, 0.2) is 0 Å². The van der Waals surface area contributed by atoms with Gasteiger partial charge in [-0.2, -0.15) is 0 Å². The molecule has 4 nitrogen and oxygen atoms in total. The molecule has 4 heteroatoms. The Hall–Kier alpha value is -1.81. The normalized spacial score (nSPS) is 11.2. The molecule has 3 N–H and O–H groups in total. The fourth-order valence-electron chi connectivity index (χ4n) is 2.96. The van der Waals surface area contributed by atoms with E-state index < -0.39 is 5.97 Å². The molecule has 0 saturated heterocycles. The highest BCUT2D eigenvalue weighted by atomic mass is 16.4. The standard InChI is InChI=1S/C16H22N2O2/c1-4-11-8-13-12(6-7-17)10(3)18(5-2)15(13)14(9-11)16(19)20/h8-9H,4-7,17H2,1-3H3,(H,19,20). The van der Waals surface area contributed by atoms with Crippen LogP contribution in [0.25, 0.3) is 10.9 Å². The highest BCUT2D eigenvalue weighted by Crippen LogP contribution is 2.30. The number of hydrogen-bond acceptors (Lipinski definition) is 2. The van der Waals surface area contributed by atoms with Crippen LogP contribution in [0.15, 0.2) is 12.1 Å². The summed E-state index contributed by atoms with van der Waals surface area (Å²) in [4.78, 5) is 11.6. The third-order valence-electron chi connectivity index (χ3n) is 3.96. The number of carbonyl (C=O) groups is 1. The molecule has 20 heavy (non-hydrogen) atoms. The minimum absolute atomic E-state index is 0.396. The lowest BCUT2D eigenvalue weighted by Crippen LogP contribution is -2.05. The third-order valence-corrected chi connectivity index (χ3v) is 3.96. The van der Waals surface area contributed by atoms with Gasteiger partial charge in [-0.25, -0.2) is 4.79 Å². The molecule has 2 aromatic rings. The second kappa shape index (κ2) is 5.67. The van der Waals surface area contributed by atoms with E-state index in [-0.39, 0.29) is 0 Å². The number of benzene rings is 1. The van der Waals surface area contributed by atoms with Crippen molar-refractivity contribution in [2.24, 2.45) is 5.73 Å². The number of nitrogens with two attached hydrogens (primary N) is 1. The molecule has 0 radical (unpaired) electrons. The molecule has 2 rings (SSSR count). The van der Waals surface area contributed by atoms with E-state index >= 15 is 0 Å². The molecule has 108 valence electrons. The molecule has 0 aliphatic rings.